The second-order valence-corrected chi connectivity index (χ2v) is 6.71. The predicted molar refractivity (Wildman–Crippen MR) is 90.1 cm³/mol. The summed E-state index contributed by atoms with van der Waals surface area (Å²) in [5.41, 5.74) is -1.20. The van der Waals surface area contributed by atoms with Crippen LogP contribution in [0.15, 0.2) is 18.2 Å². The maximum absolute atomic E-state index is 12.8. The van der Waals surface area contributed by atoms with Crippen molar-refractivity contribution in [1.29, 1.82) is 0 Å². The molecule has 11 heteroatoms. The van der Waals surface area contributed by atoms with Crippen molar-refractivity contribution in [1.82, 2.24) is 4.90 Å². The molecule has 0 aliphatic carbocycles. The monoisotopic (exact) mass is 410 g/mol. The lowest BCUT2D eigenvalue weighted by Gasteiger charge is -2.14. The molecule has 1 aliphatic rings. The van der Waals surface area contributed by atoms with Gasteiger partial charge in [-0.3, -0.25) is 14.4 Å². The van der Waals surface area contributed by atoms with Crippen molar-refractivity contribution in [3.05, 3.63) is 28.8 Å². The molecule has 0 bridgehead atoms. The number of benzene rings is 1. The maximum Gasteiger partial charge on any atom is 0.417 e. The third-order valence-corrected chi connectivity index (χ3v) is 4.57. The number of rotatable bonds is 6. The van der Waals surface area contributed by atoms with Crippen LogP contribution in [-0.4, -0.2) is 47.5 Å². The summed E-state index contributed by atoms with van der Waals surface area (Å²) in [4.78, 5) is 36.1. The van der Waals surface area contributed by atoms with E-state index in [1.54, 1.807) is 0 Å². The number of nitrogens with zero attached hydrogens (tertiary/aromatic N) is 1. The van der Waals surface area contributed by atoms with E-state index < -0.39 is 35.2 Å². The highest BCUT2D eigenvalue weighted by Crippen LogP contribution is 2.36. The molecule has 1 fully saturated rings. The quantitative estimate of drug-likeness (QED) is 0.727. The van der Waals surface area contributed by atoms with Gasteiger partial charge in [0.2, 0.25) is 0 Å². The Hall–Kier alpha value is -1.94. The van der Waals surface area contributed by atoms with Crippen LogP contribution >= 0.6 is 23.4 Å². The van der Waals surface area contributed by atoms with Gasteiger partial charge in [0.1, 0.15) is 0 Å². The van der Waals surface area contributed by atoms with Crippen molar-refractivity contribution in [2.45, 2.75) is 12.6 Å². The highest BCUT2D eigenvalue weighted by molar-refractivity contribution is 8.13. The van der Waals surface area contributed by atoms with Crippen molar-refractivity contribution in [3.63, 3.8) is 0 Å². The molecule has 142 valence electrons. The van der Waals surface area contributed by atoms with Crippen LogP contribution in [0.5, 0.6) is 0 Å². The first kappa shape index (κ1) is 20.4. The van der Waals surface area contributed by atoms with Crippen molar-refractivity contribution in [2.24, 2.45) is 0 Å². The van der Waals surface area contributed by atoms with E-state index in [1.807, 2.05) is 0 Å². The Labute approximate surface area is 156 Å². The molecule has 1 aromatic carbocycles. The first-order chi connectivity index (χ1) is 12.2. The Kier molecular flexibility index (Phi) is 6.76. The Morgan fingerprint density at radius 1 is 1.35 bits per heavy atom. The molecule has 0 aromatic heterocycles. The molecule has 1 aromatic rings. The van der Waals surface area contributed by atoms with E-state index >= 15 is 0 Å². The zero-order valence-corrected chi connectivity index (χ0v) is 14.8. The van der Waals surface area contributed by atoms with Crippen LogP contribution in [0, 0.1) is 0 Å². The van der Waals surface area contributed by atoms with Gasteiger partial charge in [0, 0.05) is 24.5 Å². The van der Waals surface area contributed by atoms with E-state index in [1.165, 1.54) is 11.0 Å². The Morgan fingerprint density at radius 3 is 2.69 bits per heavy atom. The van der Waals surface area contributed by atoms with Crippen LogP contribution in [0.2, 0.25) is 5.02 Å². The fourth-order valence-electron chi connectivity index (χ4n) is 2.09. The summed E-state index contributed by atoms with van der Waals surface area (Å²) in [5.74, 6) is -0.810. The van der Waals surface area contributed by atoms with Crippen LogP contribution < -0.4 is 5.32 Å². The zero-order valence-electron chi connectivity index (χ0n) is 13.3. The molecule has 1 aliphatic heterocycles. The summed E-state index contributed by atoms with van der Waals surface area (Å²) in [5, 5.41) is 1.60. The lowest BCUT2D eigenvalue weighted by atomic mass is 10.2. The molecule has 2 rings (SSSR count). The van der Waals surface area contributed by atoms with E-state index in [2.05, 4.69) is 5.32 Å². The number of nitrogens with one attached hydrogen (secondary N) is 1. The molecule has 0 saturated carbocycles. The molecular weight excluding hydrogens is 397 g/mol. The third-order valence-electron chi connectivity index (χ3n) is 3.35. The number of alkyl halides is 3. The van der Waals surface area contributed by atoms with Gasteiger partial charge < -0.3 is 15.0 Å². The number of hydrogen-bond acceptors (Lipinski definition) is 5. The van der Waals surface area contributed by atoms with E-state index in [9.17, 15) is 27.6 Å². The number of ether oxygens (including phenoxy) is 1. The van der Waals surface area contributed by atoms with Gasteiger partial charge in [-0.2, -0.15) is 13.2 Å². The predicted octanol–water partition coefficient (Wildman–Crippen LogP) is 3.40. The van der Waals surface area contributed by atoms with Crippen LogP contribution in [0.3, 0.4) is 0 Å². The summed E-state index contributed by atoms with van der Waals surface area (Å²) in [7, 11) is 0. The van der Waals surface area contributed by atoms with E-state index in [4.69, 9.17) is 16.3 Å². The fraction of sp³-hybridized carbons (Fsp3) is 0.400. The van der Waals surface area contributed by atoms with Gasteiger partial charge in [-0.15, -0.1) is 0 Å². The van der Waals surface area contributed by atoms with Crippen molar-refractivity contribution >= 4 is 46.2 Å². The van der Waals surface area contributed by atoms with Crippen LogP contribution in [0.25, 0.3) is 0 Å². The number of hydrogen-bond donors (Lipinski definition) is 1. The van der Waals surface area contributed by atoms with Gasteiger partial charge >= 0.3 is 12.1 Å². The molecule has 26 heavy (non-hydrogen) atoms. The van der Waals surface area contributed by atoms with Crippen molar-refractivity contribution in [2.75, 3.05) is 30.8 Å². The topological polar surface area (TPSA) is 75.7 Å². The second kappa shape index (κ2) is 8.63. The number of amides is 2. The average molecular weight is 411 g/mol. The minimum Gasteiger partial charge on any atom is -0.456 e. The zero-order chi connectivity index (χ0) is 19.3. The molecule has 0 spiro atoms. The molecule has 2 amide bonds. The van der Waals surface area contributed by atoms with Gasteiger partial charge in [0.25, 0.3) is 11.1 Å². The standard InChI is InChI=1S/C15H14ClF3N2O4S/c16-11-2-1-9(7-10(11)15(17,18)19)20-12(22)8-25-13(23)3-4-21-5-6-26-14(21)24/h1-2,7H,3-6,8H2,(H,20,22). The molecule has 0 radical (unpaired) electrons. The molecule has 1 heterocycles. The summed E-state index contributed by atoms with van der Waals surface area (Å²) in [6.45, 7) is 0.0965. The van der Waals surface area contributed by atoms with E-state index in [0.717, 1.165) is 17.8 Å². The first-order valence-electron chi connectivity index (χ1n) is 7.41. The third kappa shape index (κ3) is 5.80. The minimum atomic E-state index is -4.66. The van der Waals surface area contributed by atoms with Crippen LogP contribution in [0.4, 0.5) is 23.7 Å². The maximum atomic E-state index is 12.8. The highest BCUT2D eigenvalue weighted by Gasteiger charge is 2.33. The molecule has 0 atom stereocenters. The number of carbonyl (C=O) groups is 3. The van der Waals surface area contributed by atoms with Crippen molar-refractivity contribution < 1.29 is 32.3 Å². The number of anilines is 1. The Bertz CT molecular complexity index is 715. The second-order valence-electron chi connectivity index (χ2n) is 5.25. The molecular formula is C15H14ClF3N2O4S. The van der Waals surface area contributed by atoms with Crippen molar-refractivity contribution in [3.8, 4) is 0 Å². The summed E-state index contributed by atoms with van der Waals surface area (Å²) >= 11 is 6.65. The van der Waals surface area contributed by atoms with Crippen LogP contribution in [0.1, 0.15) is 12.0 Å². The molecule has 1 saturated heterocycles. The largest absolute Gasteiger partial charge is 0.456 e. The summed E-state index contributed by atoms with van der Waals surface area (Å²) in [6, 6.07) is 2.91. The molecule has 1 N–H and O–H groups in total. The van der Waals surface area contributed by atoms with E-state index in [0.29, 0.717) is 18.4 Å². The van der Waals surface area contributed by atoms with E-state index in [-0.39, 0.29) is 23.9 Å². The normalized spacial score (nSPS) is 14.5. The summed E-state index contributed by atoms with van der Waals surface area (Å²) < 4.78 is 43.0. The van der Waals surface area contributed by atoms with Crippen LogP contribution in [-0.2, 0) is 20.5 Å². The smallest absolute Gasteiger partial charge is 0.417 e. The van der Waals surface area contributed by atoms with Gasteiger partial charge in [0.15, 0.2) is 6.61 Å². The number of halogens is 4. The van der Waals surface area contributed by atoms with Gasteiger partial charge in [0.05, 0.1) is 17.0 Å². The Morgan fingerprint density at radius 2 is 2.08 bits per heavy atom. The van der Waals surface area contributed by atoms with Gasteiger partial charge in [-0.25, -0.2) is 0 Å². The first-order valence-corrected chi connectivity index (χ1v) is 8.77. The highest BCUT2D eigenvalue weighted by atomic mass is 35.5. The lowest BCUT2D eigenvalue weighted by Crippen LogP contribution is -2.27. The number of thioether (sulfide) groups is 1. The Balaban J connectivity index is 1.79. The molecule has 6 nitrogen and oxygen atoms in total. The van der Waals surface area contributed by atoms with Gasteiger partial charge in [-0.1, -0.05) is 23.4 Å². The number of carbonyl (C=O) groups excluding carboxylic acids is 3. The minimum absolute atomic E-state index is 0.0707. The lowest BCUT2D eigenvalue weighted by molar-refractivity contribution is -0.147. The van der Waals surface area contributed by atoms with Gasteiger partial charge in [-0.05, 0) is 18.2 Å². The number of esters is 1. The summed E-state index contributed by atoms with van der Waals surface area (Å²) in [6.07, 6.45) is -4.73. The average Bonchev–Trinajstić information content (AvgIpc) is 2.97. The fourth-order valence-corrected chi connectivity index (χ4v) is 3.17. The SMILES string of the molecule is O=C(COC(=O)CCN1CCSC1=O)Nc1ccc(Cl)c(C(F)(F)F)c1. The molecule has 0 unspecified atom stereocenters.